The molecule has 1 N–H and O–H groups in total. The third-order valence-corrected chi connectivity index (χ3v) is 11.1. The van der Waals surface area contributed by atoms with E-state index in [1.165, 1.54) is 51.4 Å². The molecule has 166 valence electrons. The van der Waals surface area contributed by atoms with Crippen molar-refractivity contribution < 1.29 is 5.11 Å². The molecule has 0 aromatic carbocycles. The molecule has 4 aliphatic carbocycles. The summed E-state index contributed by atoms with van der Waals surface area (Å²) in [6.07, 6.45) is 15.7. The summed E-state index contributed by atoms with van der Waals surface area (Å²) in [6, 6.07) is 0. The highest BCUT2D eigenvalue weighted by molar-refractivity contribution is 5.25. The van der Waals surface area contributed by atoms with Crippen LogP contribution in [-0.2, 0) is 0 Å². The third-order valence-electron chi connectivity index (χ3n) is 11.1. The van der Waals surface area contributed by atoms with Gasteiger partial charge in [0.25, 0.3) is 0 Å². The molecule has 0 aliphatic heterocycles. The summed E-state index contributed by atoms with van der Waals surface area (Å²) in [7, 11) is 0. The zero-order valence-corrected chi connectivity index (χ0v) is 20.2. The zero-order chi connectivity index (χ0) is 21.0. The first-order valence-electron chi connectivity index (χ1n) is 13.0. The van der Waals surface area contributed by atoms with E-state index < -0.39 is 0 Å². The van der Waals surface area contributed by atoms with Crippen molar-refractivity contribution in [1.29, 1.82) is 0 Å². The summed E-state index contributed by atoms with van der Waals surface area (Å²) in [5, 5.41) is 10.2. The summed E-state index contributed by atoms with van der Waals surface area (Å²) in [4.78, 5) is 0. The van der Waals surface area contributed by atoms with Crippen molar-refractivity contribution in [2.45, 2.75) is 112 Å². The fourth-order valence-corrected chi connectivity index (χ4v) is 8.68. The molecule has 0 unspecified atom stereocenters. The lowest BCUT2D eigenvalue weighted by atomic mass is 9.47. The maximum Gasteiger partial charge on any atom is 0.0577 e. The molecule has 3 fully saturated rings. The predicted octanol–water partition coefficient (Wildman–Crippen LogP) is 7.63. The molecule has 3 saturated carbocycles. The van der Waals surface area contributed by atoms with E-state index in [1.807, 2.05) is 0 Å². The minimum Gasteiger partial charge on any atom is -0.393 e. The van der Waals surface area contributed by atoms with Crippen LogP contribution in [-0.4, -0.2) is 11.2 Å². The Morgan fingerprint density at radius 1 is 0.966 bits per heavy atom. The van der Waals surface area contributed by atoms with Gasteiger partial charge in [-0.05, 0) is 104 Å². The number of aliphatic hydroxyl groups excluding tert-OH is 1. The molecule has 9 atom stereocenters. The number of hydrogen-bond donors (Lipinski definition) is 1. The second kappa shape index (κ2) is 7.99. The lowest BCUT2D eigenvalue weighted by Crippen LogP contribution is -2.50. The van der Waals surface area contributed by atoms with Crippen LogP contribution in [0.15, 0.2) is 11.6 Å². The second-order valence-corrected chi connectivity index (χ2v) is 12.7. The van der Waals surface area contributed by atoms with Crippen molar-refractivity contribution in [2.75, 3.05) is 0 Å². The third kappa shape index (κ3) is 3.66. The van der Waals surface area contributed by atoms with E-state index in [0.717, 1.165) is 54.3 Å². The van der Waals surface area contributed by atoms with E-state index in [4.69, 9.17) is 0 Å². The minimum absolute atomic E-state index is 0.0790. The normalized spacial score (nSPS) is 46.5. The van der Waals surface area contributed by atoms with Crippen LogP contribution >= 0.6 is 0 Å². The summed E-state index contributed by atoms with van der Waals surface area (Å²) in [5.41, 5.74) is 2.59. The fourth-order valence-electron chi connectivity index (χ4n) is 8.68. The molecule has 29 heavy (non-hydrogen) atoms. The van der Waals surface area contributed by atoms with Gasteiger partial charge in [-0.15, -0.1) is 0 Å². The van der Waals surface area contributed by atoms with Crippen LogP contribution in [0.1, 0.15) is 106 Å². The number of hydrogen-bond acceptors (Lipinski definition) is 1. The van der Waals surface area contributed by atoms with Gasteiger partial charge in [-0.3, -0.25) is 0 Å². The Kier molecular flexibility index (Phi) is 6.04. The largest absolute Gasteiger partial charge is 0.393 e. The van der Waals surface area contributed by atoms with Gasteiger partial charge in [0.1, 0.15) is 0 Å². The fraction of sp³-hybridized carbons (Fsp3) is 0.929. The van der Waals surface area contributed by atoms with Crippen molar-refractivity contribution >= 4 is 0 Å². The van der Waals surface area contributed by atoms with E-state index in [-0.39, 0.29) is 6.10 Å². The summed E-state index contributed by atoms with van der Waals surface area (Å²) in [5.74, 6) is 6.24. The van der Waals surface area contributed by atoms with E-state index in [2.05, 4.69) is 47.6 Å². The Balaban J connectivity index is 1.49. The van der Waals surface area contributed by atoms with Crippen LogP contribution < -0.4 is 0 Å². The van der Waals surface area contributed by atoms with Gasteiger partial charge in [-0.2, -0.15) is 0 Å². The Bertz CT molecular complexity index is 620. The molecule has 4 aliphatic rings. The molecule has 0 radical (unpaired) electrons. The van der Waals surface area contributed by atoms with Crippen LogP contribution in [0.2, 0.25) is 0 Å². The van der Waals surface area contributed by atoms with Crippen molar-refractivity contribution in [3.8, 4) is 0 Å². The monoisotopic (exact) mass is 400 g/mol. The molecule has 0 bridgehead atoms. The first-order chi connectivity index (χ1) is 13.7. The van der Waals surface area contributed by atoms with Crippen molar-refractivity contribution in [1.82, 2.24) is 0 Å². The summed E-state index contributed by atoms with van der Waals surface area (Å²) in [6.45, 7) is 15.1. The van der Waals surface area contributed by atoms with E-state index in [9.17, 15) is 5.11 Å². The average Bonchev–Trinajstić information content (AvgIpc) is 3.03. The Hall–Kier alpha value is -0.300. The molecule has 4 rings (SSSR count). The molecule has 0 aromatic heterocycles. The number of rotatable bonds is 5. The van der Waals surface area contributed by atoms with Crippen LogP contribution in [0.4, 0.5) is 0 Å². The van der Waals surface area contributed by atoms with Crippen LogP contribution in [0, 0.1) is 52.3 Å². The molecular formula is C28H48O. The van der Waals surface area contributed by atoms with Crippen molar-refractivity contribution in [2.24, 2.45) is 52.3 Å². The van der Waals surface area contributed by atoms with Crippen LogP contribution in [0.5, 0.6) is 0 Å². The second-order valence-electron chi connectivity index (χ2n) is 12.7. The molecule has 1 nitrogen and oxygen atoms in total. The van der Waals surface area contributed by atoms with Gasteiger partial charge in [0, 0.05) is 0 Å². The number of aliphatic hydroxyl groups is 1. The Labute approximate surface area is 181 Å². The first-order valence-corrected chi connectivity index (χ1v) is 13.0. The summed E-state index contributed by atoms with van der Waals surface area (Å²) >= 11 is 0. The first kappa shape index (κ1) is 21.9. The highest BCUT2D eigenvalue weighted by atomic mass is 16.3. The van der Waals surface area contributed by atoms with Gasteiger partial charge in [-0.1, -0.05) is 66.0 Å². The van der Waals surface area contributed by atoms with Crippen molar-refractivity contribution in [3.63, 3.8) is 0 Å². The molecular weight excluding hydrogens is 352 g/mol. The maximum absolute atomic E-state index is 10.2. The number of allylic oxidation sites excluding steroid dienone is 1. The molecule has 0 spiro atoms. The standard InChI is InChI=1S/C28H48O/c1-18(2)19(3)7-8-20(4)24-11-12-25-23-10-9-21-17-22(29)13-15-27(21,5)26(23)14-16-28(24,25)6/h9,18-20,22-26,29H,7-8,10-17H2,1-6H3/t19-,20-,22+,23-,24+,25-,26+,27+,28-/m1/s1. The van der Waals surface area contributed by atoms with E-state index >= 15 is 0 Å². The summed E-state index contributed by atoms with van der Waals surface area (Å²) < 4.78 is 0. The molecule has 0 heterocycles. The molecule has 0 amide bonds. The van der Waals surface area contributed by atoms with E-state index in [0.29, 0.717) is 10.8 Å². The smallest absolute Gasteiger partial charge is 0.0577 e. The van der Waals surface area contributed by atoms with Crippen LogP contribution in [0.25, 0.3) is 0 Å². The van der Waals surface area contributed by atoms with Gasteiger partial charge in [0.15, 0.2) is 0 Å². The lowest BCUT2D eigenvalue weighted by Gasteiger charge is -2.58. The van der Waals surface area contributed by atoms with Crippen LogP contribution in [0.3, 0.4) is 0 Å². The SMILES string of the molecule is CC(C)[C@H](C)CC[C@@H](C)[C@@H]1CC[C@@H]2[C@H]3CC=C4C[C@@H](O)CC[C@]4(C)[C@H]3CC[C@@]21C. The maximum atomic E-state index is 10.2. The lowest BCUT2D eigenvalue weighted by molar-refractivity contribution is -0.0574. The molecule has 1 heteroatoms. The zero-order valence-electron chi connectivity index (χ0n) is 20.2. The van der Waals surface area contributed by atoms with Gasteiger partial charge < -0.3 is 5.11 Å². The highest BCUT2D eigenvalue weighted by Crippen LogP contribution is 2.67. The number of fused-ring (bicyclic) bond motifs is 5. The highest BCUT2D eigenvalue weighted by Gasteiger charge is 2.59. The van der Waals surface area contributed by atoms with Gasteiger partial charge in [0.2, 0.25) is 0 Å². The molecule has 0 aromatic rings. The average molecular weight is 401 g/mol. The molecule has 0 saturated heterocycles. The topological polar surface area (TPSA) is 20.2 Å². The Morgan fingerprint density at radius 2 is 1.72 bits per heavy atom. The Morgan fingerprint density at radius 3 is 2.45 bits per heavy atom. The minimum atomic E-state index is -0.0790. The predicted molar refractivity (Wildman–Crippen MR) is 124 cm³/mol. The van der Waals surface area contributed by atoms with Gasteiger partial charge in [-0.25, -0.2) is 0 Å². The van der Waals surface area contributed by atoms with E-state index in [1.54, 1.807) is 5.57 Å². The van der Waals surface area contributed by atoms with Gasteiger partial charge >= 0.3 is 0 Å². The quantitative estimate of drug-likeness (QED) is 0.470. The van der Waals surface area contributed by atoms with Gasteiger partial charge in [0.05, 0.1) is 6.10 Å². The van der Waals surface area contributed by atoms with Crippen molar-refractivity contribution in [3.05, 3.63) is 11.6 Å².